The minimum Gasteiger partial charge on any atom is -0.375 e. The van der Waals surface area contributed by atoms with E-state index < -0.39 is 0 Å². The Balaban J connectivity index is 1.79. The molecule has 126 valence electrons. The van der Waals surface area contributed by atoms with Crippen LogP contribution in [0.1, 0.15) is 29.3 Å². The molecule has 7 nitrogen and oxygen atoms in total. The molecule has 3 aromatic rings. The minimum absolute atomic E-state index is 0.00642. The fourth-order valence-electron chi connectivity index (χ4n) is 2.27. The van der Waals surface area contributed by atoms with Crippen LogP contribution in [0.15, 0.2) is 29.6 Å². The molecular formula is C16H20N6OS. The monoisotopic (exact) mass is 344 g/mol. The molecule has 1 unspecified atom stereocenters. The first kappa shape index (κ1) is 16.5. The Hall–Kier alpha value is -2.32. The van der Waals surface area contributed by atoms with Gasteiger partial charge in [-0.3, -0.25) is 0 Å². The van der Waals surface area contributed by atoms with E-state index in [0.717, 1.165) is 16.4 Å². The zero-order chi connectivity index (χ0) is 17.1. The Kier molecular flexibility index (Phi) is 4.86. The predicted octanol–water partition coefficient (Wildman–Crippen LogP) is 2.77. The lowest BCUT2D eigenvalue weighted by Gasteiger charge is -2.16. The summed E-state index contributed by atoms with van der Waals surface area (Å²) in [6, 6.07) is 8.09. The van der Waals surface area contributed by atoms with Crippen molar-refractivity contribution in [3.63, 3.8) is 0 Å². The second-order valence-electron chi connectivity index (χ2n) is 5.64. The van der Waals surface area contributed by atoms with Crippen molar-refractivity contribution in [1.82, 2.24) is 25.2 Å². The van der Waals surface area contributed by atoms with E-state index in [-0.39, 0.29) is 6.10 Å². The number of tetrazole rings is 1. The summed E-state index contributed by atoms with van der Waals surface area (Å²) in [5, 5.41) is 15.1. The molecule has 0 N–H and O–H groups in total. The zero-order valence-corrected chi connectivity index (χ0v) is 15.0. The second-order valence-corrected chi connectivity index (χ2v) is 6.53. The van der Waals surface area contributed by atoms with Gasteiger partial charge in [0.1, 0.15) is 11.1 Å². The molecule has 0 saturated heterocycles. The third kappa shape index (κ3) is 3.44. The van der Waals surface area contributed by atoms with Gasteiger partial charge in [-0.1, -0.05) is 22.8 Å². The predicted molar refractivity (Wildman–Crippen MR) is 93.5 cm³/mol. The summed E-state index contributed by atoms with van der Waals surface area (Å²) >= 11 is 1.60. The van der Waals surface area contributed by atoms with Gasteiger partial charge in [-0.25, -0.2) is 4.98 Å². The molecule has 1 aromatic carbocycles. The third-order valence-electron chi connectivity index (χ3n) is 3.74. The Bertz CT molecular complexity index is 797. The van der Waals surface area contributed by atoms with Crippen LogP contribution in [0.2, 0.25) is 0 Å². The van der Waals surface area contributed by atoms with E-state index in [9.17, 15) is 0 Å². The first-order valence-corrected chi connectivity index (χ1v) is 8.50. The molecule has 0 aliphatic carbocycles. The van der Waals surface area contributed by atoms with Gasteiger partial charge in [0.05, 0.1) is 17.9 Å². The number of thiazole rings is 1. The standard InChI is InChI=1S/C16H20N6OS/c1-11-5-7-14(8-6-11)22-16(18-19-20-22)21(3)9-13-10-24-15(17-13)12(2)23-4/h5-8,10,12H,9H2,1-4H3. The topological polar surface area (TPSA) is 69.0 Å². The first-order chi connectivity index (χ1) is 11.6. The van der Waals surface area contributed by atoms with Gasteiger partial charge in [-0.05, 0) is 36.4 Å². The SMILES string of the molecule is COC(C)c1nc(CN(C)c2nnnn2-c2ccc(C)cc2)cs1. The molecule has 1 atom stereocenters. The number of aromatic nitrogens is 5. The van der Waals surface area contributed by atoms with Gasteiger partial charge in [0.2, 0.25) is 5.95 Å². The van der Waals surface area contributed by atoms with Crippen LogP contribution in [-0.2, 0) is 11.3 Å². The number of benzene rings is 1. The van der Waals surface area contributed by atoms with Crippen LogP contribution in [0.3, 0.4) is 0 Å². The van der Waals surface area contributed by atoms with E-state index in [1.54, 1.807) is 23.1 Å². The average Bonchev–Trinajstić information content (AvgIpc) is 3.24. The van der Waals surface area contributed by atoms with E-state index in [2.05, 4.69) is 27.4 Å². The smallest absolute Gasteiger partial charge is 0.250 e. The van der Waals surface area contributed by atoms with Crippen LogP contribution < -0.4 is 4.90 Å². The number of hydrogen-bond donors (Lipinski definition) is 0. The number of ether oxygens (including phenoxy) is 1. The van der Waals surface area contributed by atoms with Crippen molar-refractivity contribution in [3.8, 4) is 5.69 Å². The number of methoxy groups -OCH3 is 1. The summed E-state index contributed by atoms with van der Waals surface area (Å²) in [6.07, 6.45) is 0.00642. The van der Waals surface area contributed by atoms with Gasteiger partial charge in [-0.15, -0.1) is 11.3 Å². The maximum Gasteiger partial charge on any atom is 0.250 e. The molecule has 2 heterocycles. The van der Waals surface area contributed by atoms with Crippen molar-refractivity contribution in [2.75, 3.05) is 19.1 Å². The number of aryl methyl sites for hydroxylation is 1. The lowest BCUT2D eigenvalue weighted by Crippen LogP contribution is -2.21. The Morgan fingerprint density at radius 2 is 2.04 bits per heavy atom. The molecule has 0 radical (unpaired) electrons. The van der Waals surface area contributed by atoms with Crippen LogP contribution >= 0.6 is 11.3 Å². The highest BCUT2D eigenvalue weighted by Crippen LogP contribution is 2.22. The second kappa shape index (κ2) is 7.06. The molecule has 0 fully saturated rings. The maximum absolute atomic E-state index is 5.31. The van der Waals surface area contributed by atoms with E-state index in [1.165, 1.54) is 5.56 Å². The van der Waals surface area contributed by atoms with Crippen LogP contribution in [0.25, 0.3) is 5.69 Å². The van der Waals surface area contributed by atoms with Gasteiger partial charge in [0.25, 0.3) is 0 Å². The van der Waals surface area contributed by atoms with E-state index >= 15 is 0 Å². The van der Waals surface area contributed by atoms with Gasteiger partial charge >= 0.3 is 0 Å². The average molecular weight is 344 g/mol. The molecule has 0 aliphatic heterocycles. The van der Waals surface area contributed by atoms with Crippen molar-refractivity contribution < 1.29 is 4.74 Å². The molecule has 24 heavy (non-hydrogen) atoms. The summed E-state index contributed by atoms with van der Waals surface area (Å²) in [4.78, 5) is 6.60. The lowest BCUT2D eigenvalue weighted by molar-refractivity contribution is 0.119. The largest absolute Gasteiger partial charge is 0.375 e. The van der Waals surface area contributed by atoms with Crippen molar-refractivity contribution in [3.05, 3.63) is 45.9 Å². The molecule has 0 spiro atoms. The molecule has 2 aromatic heterocycles. The van der Waals surface area contributed by atoms with Crippen LogP contribution in [0.4, 0.5) is 5.95 Å². The van der Waals surface area contributed by atoms with Gasteiger partial charge in [0.15, 0.2) is 0 Å². The Labute approximate surface area is 144 Å². The van der Waals surface area contributed by atoms with Crippen molar-refractivity contribution in [2.24, 2.45) is 0 Å². The summed E-state index contributed by atoms with van der Waals surface area (Å²) in [7, 11) is 3.64. The molecule has 0 aliphatic rings. The van der Waals surface area contributed by atoms with E-state index in [4.69, 9.17) is 4.74 Å². The summed E-state index contributed by atoms with van der Waals surface area (Å²) < 4.78 is 7.04. The van der Waals surface area contributed by atoms with E-state index in [0.29, 0.717) is 12.5 Å². The summed E-state index contributed by atoms with van der Waals surface area (Å²) in [5.41, 5.74) is 3.10. The molecule has 8 heteroatoms. The van der Waals surface area contributed by atoms with Gasteiger partial charge in [-0.2, -0.15) is 4.68 Å². The number of nitrogens with zero attached hydrogens (tertiary/aromatic N) is 6. The maximum atomic E-state index is 5.31. The fraction of sp³-hybridized carbons (Fsp3) is 0.375. The molecule has 3 rings (SSSR count). The summed E-state index contributed by atoms with van der Waals surface area (Å²) in [6.45, 7) is 4.67. The van der Waals surface area contributed by atoms with Crippen LogP contribution in [-0.4, -0.2) is 39.3 Å². The van der Waals surface area contributed by atoms with Crippen molar-refractivity contribution in [2.45, 2.75) is 26.5 Å². The third-order valence-corrected chi connectivity index (χ3v) is 4.80. The highest BCUT2D eigenvalue weighted by molar-refractivity contribution is 7.09. The number of hydrogen-bond acceptors (Lipinski definition) is 7. The van der Waals surface area contributed by atoms with Crippen molar-refractivity contribution >= 4 is 17.3 Å². The highest BCUT2D eigenvalue weighted by Gasteiger charge is 2.16. The molecule has 0 amide bonds. The molecule has 0 bridgehead atoms. The Morgan fingerprint density at radius 3 is 2.75 bits per heavy atom. The molecule has 0 saturated carbocycles. The van der Waals surface area contributed by atoms with Crippen LogP contribution in [0.5, 0.6) is 0 Å². The number of anilines is 1. The van der Waals surface area contributed by atoms with Gasteiger partial charge in [0, 0.05) is 19.5 Å². The highest BCUT2D eigenvalue weighted by atomic mass is 32.1. The lowest BCUT2D eigenvalue weighted by atomic mass is 10.2. The zero-order valence-electron chi connectivity index (χ0n) is 14.2. The van der Waals surface area contributed by atoms with Crippen molar-refractivity contribution in [1.29, 1.82) is 0 Å². The van der Waals surface area contributed by atoms with E-state index in [1.807, 2.05) is 48.5 Å². The summed E-state index contributed by atoms with van der Waals surface area (Å²) in [5.74, 6) is 0.674. The Morgan fingerprint density at radius 1 is 1.29 bits per heavy atom. The minimum atomic E-state index is 0.00642. The first-order valence-electron chi connectivity index (χ1n) is 7.62. The normalized spacial score (nSPS) is 12.3. The number of rotatable bonds is 6. The van der Waals surface area contributed by atoms with Gasteiger partial charge < -0.3 is 9.64 Å². The molecular weight excluding hydrogens is 324 g/mol. The quantitative estimate of drug-likeness (QED) is 0.685. The van der Waals surface area contributed by atoms with Crippen LogP contribution in [0, 0.1) is 6.92 Å². The fourth-order valence-corrected chi connectivity index (χ4v) is 3.11.